The number of benzene rings is 2. The summed E-state index contributed by atoms with van der Waals surface area (Å²) in [5.74, 6) is 8.85. The number of aliphatic imine (C=N–C) groups is 2. The van der Waals surface area contributed by atoms with Crippen LogP contribution in [-0.2, 0) is 4.74 Å². The molecule has 7 heteroatoms. The molecule has 3 aromatic rings. The molecule has 0 radical (unpaired) electrons. The number of aromatic amines is 1. The number of amidine groups is 1. The highest BCUT2D eigenvalue weighted by atomic mass is 16.6. The molecule has 1 N–H and O–H groups in total. The molecule has 200 valence electrons. The van der Waals surface area contributed by atoms with E-state index in [1.54, 1.807) is 4.90 Å². The third kappa shape index (κ3) is 5.61. The van der Waals surface area contributed by atoms with Gasteiger partial charge in [-0.05, 0) is 81.3 Å². The van der Waals surface area contributed by atoms with Crippen molar-refractivity contribution in [2.45, 2.75) is 76.9 Å². The van der Waals surface area contributed by atoms with E-state index in [-0.39, 0.29) is 12.1 Å². The number of ether oxygens (including phenoxy) is 1. The van der Waals surface area contributed by atoms with Crippen molar-refractivity contribution in [2.75, 3.05) is 13.1 Å². The molecule has 0 bridgehead atoms. The second kappa shape index (κ2) is 10.3. The Balaban J connectivity index is 1.14. The van der Waals surface area contributed by atoms with Crippen LogP contribution in [0.3, 0.4) is 0 Å². The molecule has 0 spiro atoms. The fourth-order valence-corrected chi connectivity index (χ4v) is 5.71. The number of hydrogen-bond acceptors (Lipinski definition) is 5. The van der Waals surface area contributed by atoms with Gasteiger partial charge in [-0.2, -0.15) is 0 Å². The summed E-state index contributed by atoms with van der Waals surface area (Å²) in [6.07, 6.45) is 8.50. The number of nitrogens with one attached hydrogen (secondary N) is 1. The standard InChI is InChI=1S/C32H35N5O2/c1-32(2,3)39-31(38)37-16-6-9-28(37)30-33-19-26(35-30)15-11-21-10-12-24-18-25(14-13-23(24)17-21)27-20-34-29(36-27)22-7-4-5-8-22/h10,12-14,17-18,20,22,28H,4-9,16,19H2,1-3H3,(H,34,36). The minimum atomic E-state index is -0.527. The predicted octanol–water partition coefficient (Wildman–Crippen LogP) is 6.49. The Morgan fingerprint density at radius 3 is 2.64 bits per heavy atom. The van der Waals surface area contributed by atoms with Crippen LogP contribution in [0, 0.1) is 11.8 Å². The largest absolute Gasteiger partial charge is 0.444 e. The molecule has 2 aromatic carbocycles. The highest BCUT2D eigenvalue weighted by Crippen LogP contribution is 2.34. The first-order valence-electron chi connectivity index (χ1n) is 14.0. The van der Waals surface area contributed by atoms with Crippen LogP contribution in [0.4, 0.5) is 4.79 Å². The Hall–Kier alpha value is -3.92. The zero-order valence-corrected chi connectivity index (χ0v) is 23.0. The highest BCUT2D eigenvalue weighted by molar-refractivity contribution is 6.14. The number of H-pyrrole nitrogens is 1. The van der Waals surface area contributed by atoms with Gasteiger partial charge >= 0.3 is 6.09 Å². The monoisotopic (exact) mass is 521 g/mol. The molecule has 6 rings (SSSR count). The van der Waals surface area contributed by atoms with Crippen LogP contribution in [0.2, 0.25) is 0 Å². The number of amides is 1. The summed E-state index contributed by atoms with van der Waals surface area (Å²) in [6.45, 7) is 6.76. The zero-order chi connectivity index (χ0) is 27.0. The lowest BCUT2D eigenvalue weighted by atomic mass is 10.0. The van der Waals surface area contributed by atoms with E-state index in [9.17, 15) is 4.79 Å². The topological polar surface area (TPSA) is 82.9 Å². The lowest BCUT2D eigenvalue weighted by Crippen LogP contribution is -2.42. The summed E-state index contributed by atoms with van der Waals surface area (Å²) in [6, 6.07) is 12.6. The van der Waals surface area contributed by atoms with Crippen LogP contribution in [0.25, 0.3) is 22.0 Å². The van der Waals surface area contributed by atoms with E-state index in [1.807, 2.05) is 27.0 Å². The summed E-state index contributed by atoms with van der Waals surface area (Å²) in [5, 5.41) is 2.31. The van der Waals surface area contributed by atoms with Crippen LogP contribution >= 0.6 is 0 Å². The lowest BCUT2D eigenvalue weighted by Gasteiger charge is -2.27. The van der Waals surface area contributed by atoms with Crippen molar-refractivity contribution in [3.63, 3.8) is 0 Å². The molecule has 1 unspecified atom stereocenters. The number of aromatic nitrogens is 2. The minimum Gasteiger partial charge on any atom is -0.444 e. The van der Waals surface area contributed by atoms with Gasteiger partial charge in [-0.3, -0.25) is 9.89 Å². The van der Waals surface area contributed by atoms with Gasteiger partial charge in [-0.15, -0.1) is 0 Å². The molecule has 1 aliphatic carbocycles. The van der Waals surface area contributed by atoms with Crippen molar-refractivity contribution >= 4 is 28.4 Å². The second-order valence-corrected chi connectivity index (χ2v) is 11.8. The maximum absolute atomic E-state index is 12.7. The Morgan fingerprint density at radius 2 is 1.82 bits per heavy atom. The van der Waals surface area contributed by atoms with Crippen LogP contribution in [0.5, 0.6) is 0 Å². The van der Waals surface area contributed by atoms with Crippen molar-refractivity contribution < 1.29 is 9.53 Å². The van der Waals surface area contributed by atoms with Gasteiger partial charge in [-0.1, -0.05) is 37.0 Å². The van der Waals surface area contributed by atoms with Crippen molar-refractivity contribution in [3.8, 4) is 23.1 Å². The first kappa shape index (κ1) is 25.4. The number of imidazole rings is 1. The summed E-state index contributed by atoms with van der Waals surface area (Å²) in [5.41, 5.74) is 3.36. The molecule has 3 aliphatic rings. The van der Waals surface area contributed by atoms with Crippen molar-refractivity contribution in [1.82, 2.24) is 14.9 Å². The Labute approximate surface area is 229 Å². The average molecular weight is 522 g/mol. The molecule has 39 heavy (non-hydrogen) atoms. The number of nitrogens with zero attached hydrogens (tertiary/aromatic N) is 4. The maximum Gasteiger partial charge on any atom is 0.410 e. The number of fused-ring (bicyclic) bond motifs is 1. The van der Waals surface area contributed by atoms with E-state index in [0.717, 1.165) is 46.6 Å². The Kier molecular flexibility index (Phi) is 6.72. The normalized spacial score (nSPS) is 19.7. The number of carbonyl (C=O) groups excluding carboxylic acids is 1. The maximum atomic E-state index is 12.7. The Bertz CT molecular complexity index is 1530. The van der Waals surface area contributed by atoms with Crippen molar-refractivity contribution in [3.05, 3.63) is 54.0 Å². The SMILES string of the molecule is CC(C)(C)OC(=O)N1CCCC1C1=NCC(C#Cc2ccc3cc(-c4cnc(C5CCCC5)[nH]4)ccc3c2)=N1. The molecular formula is C32H35N5O2. The number of rotatable bonds is 3. The number of hydrogen-bond donors (Lipinski definition) is 1. The van der Waals surface area contributed by atoms with E-state index >= 15 is 0 Å². The molecule has 1 saturated heterocycles. The van der Waals surface area contributed by atoms with Gasteiger partial charge in [0.1, 0.15) is 23.0 Å². The van der Waals surface area contributed by atoms with Crippen molar-refractivity contribution in [1.29, 1.82) is 0 Å². The van der Waals surface area contributed by atoms with Crippen LogP contribution in [0.15, 0.2) is 52.6 Å². The number of carbonyl (C=O) groups is 1. The molecule has 3 heterocycles. The van der Waals surface area contributed by atoms with Crippen LogP contribution < -0.4 is 0 Å². The second-order valence-electron chi connectivity index (χ2n) is 11.8. The first-order chi connectivity index (χ1) is 18.8. The summed E-state index contributed by atoms with van der Waals surface area (Å²) < 4.78 is 5.58. The van der Waals surface area contributed by atoms with E-state index in [1.165, 1.54) is 31.1 Å². The fourth-order valence-electron chi connectivity index (χ4n) is 5.71. The molecule has 1 atom stereocenters. The third-order valence-electron chi connectivity index (χ3n) is 7.66. The molecule has 2 aliphatic heterocycles. The fraction of sp³-hybridized carbons (Fsp3) is 0.438. The van der Waals surface area contributed by atoms with E-state index < -0.39 is 5.60 Å². The smallest absolute Gasteiger partial charge is 0.410 e. The van der Waals surface area contributed by atoms with E-state index in [0.29, 0.717) is 24.8 Å². The molecule has 7 nitrogen and oxygen atoms in total. The summed E-state index contributed by atoms with van der Waals surface area (Å²) >= 11 is 0. The lowest BCUT2D eigenvalue weighted by molar-refractivity contribution is 0.0265. The summed E-state index contributed by atoms with van der Waals surface area (Å²) in [4.78, 5) is 31.9. The van der Waals surface area contributed by atoms with E-state index in [2.05, 4.69) is 68.2 Å². The predicted molar refractivity (Wildman–Crippen MR) is 155 cm³/mol. The van der Waals surface area contributed by atoms with Gasteiger partial charge in [0, 0.05) is 23.6 Å². The Morgan fingerprint density at radius 1 is 1.03 bits per heavy atom. The van der Waals surface area contributed by atoms with Crippen molar-refractivity contribution in [2.24, 2.45) is 9.98 Å². The highest BCUT2D eigenvalue weighted by Gasteiger charge is 2.36. The van der Waals surface area contributed by atoms with E-state index in [4.69, 9.17) is 4.74 Å². The molecule has 1 aromatic heterocycles. The molecule has 1 amide bonds. The quantitative estimate of drug-likeness (QED) is 0.400. The van der Waals surface area contributed by atoms with Gasteiger partial charge < -0.3 is 9.72 Å². The van der Waals surface area contributed by atoms with Gasteiger partial charge in [0.25, 0.3) is 0 Å². The van der Waals surface area contributed by atoms with Crippen LogP contribution in [-0.4, -0.2) is 57.2 Å². The third-order valence-corrected chi connectivity index (χ3v) is 7.66. The van der Waals surface area contributed by atoms with Gasteiger partial charge in [0.15, 0.2) is 0 Å². The van der Waals surface area contributed by atoms with Gasteiger partial charge in [0.05, 0.1) is 24.5 Å². The first-order valence-corrected chi connectivity index (χ1v) is 14.0. The molecular weight excluding hydrogens is 486 g/mol. The summed E-state index contributed by atoms with van der Waals surface area (Å²) in [7, 11) is 0. The minimum absolute atomic E-state index is 0.141. The molecule has 1 saturated carbocycles. The van der Waals surface area contributed by atoms with Gasteiger partial charge in [0.2, 0.25) is 0 Å². The average Bonchev–Trinajstić information content (AvgIpc) is 3.72. The van der Waals surface area contributed by atoms with Crippen LogP contribution in [0.1, 0.15) is 76.6 Å². The molecule has 2 fully saturated rings. The zero-order valence-electron chi connectivity index (χ0n) is 23.0. The number of likely N-dealkylation sites (tertiary alicyclic amines) is 1. The van der Waals surface area contributed by atoms with Gasteiger partial charge in [-0.25, -0.2) is 14.8 Å².